The molecule has 0 aromatic heterocycles. The quantitative estimate of drug-likeness (QED) is 0.783. The summed E-state index contributed by atoms with van der Waals surface area (Å²) in [6.45, 7) is 3.87. The van der Waals surface area contributed by atoms with E-state index >= 15 is 0 Å². The largest absolute Gasteiger partial charge is 0.293 e. The van der Waals surface area contributed by atoms with Crippen LogP contribution in [0.2, 0.25) is 0 Å². The molecule has 4 nitrogen and oxygen atoms in total. The smallest absolute Gasteiger partial charge is 0.240 e. The summed E-state index contributed by atoms with van der Waals surface area (Å²) in [5.41, 5.74) is 2.39. The molecule has 0 N–H and O–H groups in total. The van der Waals surface area contributed by atoms with Crippen LogP contribution in [-0.4, -0.2) is 40.7 Å². The normalized spacial score (nSPS) is 33.8. The molecule has 1 aromatic carbocycles. The molecule has 110 valence electrons. The van der Waals surface area contributed by atoms with Crippen LogP contribution in [0.15, 0.2) is 33.8 Å². The number of amides is 1. The number of halogens is 1. The fourth-order valence-corrected chi connectivity index (χ4v) is 4.42. The molecule has 2 unspecified atom stereocenters. The standard InChI is InChI=1S/C16H18BrN3O/c1-10(21)20-15(12-3-2-4-13(17)9-12)16-14(18-20)11-5-7-19(16)8-6-11/h2-4,9,11,15-16H,5-8H2,1H3. The summed E-state index contributed by atoms with van der Waals surface area (Å²) in [5, 5.41) is 6.43. The van der Waals surface area contributed by atoms with Gasteiger partial charge in [0.1, 0.15) is 6.04 Å². The van der Waals surface area contributed by atoms with Gasteiger partial charge < -0.3 is 0 Å². The molecule has 0 radical (unpaired) electrons. The molecule has 1 aromatic rings. The minimum atomic E-state index is 0.0260. The van der Waals surface area contributed by atoms with Crippen LogP contribution in [0, 0.1) is 5.92 Å². The van der Waals surface area contributed by atoms with Gasteiger partial charge in [-0.1, -0.05) is 28.1 Å². The molecule has 1 amide bonds. The Hall–Kier alpha value is -1.20. The number of hydrazone groups is 1. The molecule has 3 saturated heterocycles. The van der Waals surface area contributed by atoms with Crippen LogP contribution >= 0.6 is 15.9 Å². The SMILES string of the molecule is CC(=O)N1N=C2C3CCN(CC3)C2C1c1cccc(Br)c1. The zero-order chi connectivity index (χ0) is 14.6. The van der Waals surface area contributed by atoms with Crippen molar-refractivity contribution in [3.63, 3.8) is 0 Å². The number of carbonyl (C=O) groups excluding carboxylic acids is 1. The first-order valence-corrected chi connectivity index (χ1v) is 8.32. The predicted molar refractivity (Wildman–Crippen MR) is 84.9 cm³/mol. The molecule has 0 saturated carbocycles. The minimum Gasteiger partial charge on any atom is -0.293 e. The monoisotopic (exact) mass is 347 g/mol. The zero-order valence-electron chi connectivity index (χ0n) is 12.0. The molecule has 2 atom stereocenters. The lowest BCUT2D eigenvalue weighted by atomic mass is 9.78. The Bertz CT molecular complexity index is 622. The number of rotatable bonds is 1. The lowest BCUT2D eigenvalue weighted by molar-refractivity contribution is -0.131. The molecule has 3 fully saturated rings. The summed E-state index contributed by atoms with van der Waals surface area (Å²) >= 11 is 3.54. The average Bonchev–Trinajstić information content (AvgIpc) is 2.91. The molecular weight excluding hydrogens is 330 g/mol. The first-order chi connectivity index (χ1) is 10.1. The fraction of sp³-hybridized carbons (Fsp3) is 0.500. The fourth-order valence-electron chi connectivity index (χ4n) is 4.00. The van der Waals surface area contributed by atoms with E-state index in [1.165, 1.54) is 18.6 Å². The third-order valence-electron chi connectivity index (χ3n) is 4.94. The maximum Gasteiger partial charge on any atom is 0.240 e. The predicted octanol–water partition coefficient (Wildman–Crippen LogP) is 2.80. The van der Waals surface area contributed by atoms with Gasteiger partial charge in [-0.05, 0) is 43.6 Å². The topological polar surface area (TPSA) is 35.9 Å². The van der Waals surface area contributed by atoms with Crippen molar-refractivity contribution in [1.82, 2.24) is 9.91 Å². The molecule has 0 spiro atoms. The number of benzene rings is 1. The third kappa shape index (κ3) is 2.06. The highest BCUT2D eigenvalue weighted by Crippen LogP contribution is 2.43. The summed E-state index contributed by atoms with van der Waals surface area (Å²) in [6, 6.07) is 8.57. The van der Waals surface area contributed by atoms with Crippen LogP contribution < -0.4 is 0 Å². The number of nitrogens with zero attached hydrogens (tertiary/aromatic N) is 3. The van der Waals surface area contributed by atoms with Crippen molar-refractivity contribution in [2.45, 2.75) is 31.8 Å². The first-order valence-electron chi connectivity index (χ1n) is 7.53. The first kappa shape index (κ1) is 13.5. The Labute approximate surface area is 132 Å². The Morgan fingerprint density at radius 3 is 2.71 bits per heavy atom. The average molecular weight is 348 g/mol. The molecule has 4 aliphatic rings. The van der Waals surface area contributed by atoms with Crippen molar-refractivity contribution in [2.24, 2.45) is 11.0 Å². The van der Waals surface area contributed by atoms with E-state index in [-0.39, 0.29) is 18.0 Å². The lowest BCUT2D eigenvalue weighted by Crippen LogP contribution is -2.56. The lowest BCUT2D eigenvalue weighted by Gasteiger charge is -2.46. The number of hydrogen-bond donors (Lipinski definition) is 0. The van der Waals surface area contributed by atoms with Gasteiger partial charge in [0.15, 0.2) is 0 Å². The third-order valence-corrected chi connectivity index (χ3v) is 5.44. The highest BCUT2D eigenvalue weighted by atomic mass is 79.9. The molecule has 5 rings (SSSR count). The molecule has 0 aliphatic carbocycles. The van der Waals surface area contributed by atoms with E-state index in [0.717, 1.165) is 23.1 Å². The summed E-state index contributed by atoms with van der Waals surface area (Å²) in [6.07, 6.45) is 2.37. The van der Waals surface area contributed by atoms with Crippen LogP contribution in [0.5, 0.6) is 0 Å². The highest BCUT2D eigenvalue weighted by Gasteiger charge is 2.50. The molecule has 4 aliphatic heterocycles. The molecule has 4 heterocycles. The minimum absolute atomic E-state index is 0.0260. The van der Waals surface area contributed by atoms with Crippen LogP contribution in [0.4, 0.5) is 0 Å². The van der Waals surface area contributed by atoms with E-state index in [1.807, 2.05) is 12.1 Å². The second-order valence-corrected chi connectivity index (χ2v) is 7.06. The van der Waals surface area contributed by atoms with Gasteiger partial charge >= 0.3 is 0 Å². The number of hydrogen-bond acceptors (Lipinski definition) is 3. The summed E-state index contributed by atoms with van der Waals surface area (Å²) in [5.74, 6) is 0.599. The zero-order valence-corrected chi connectivity index (χ0v) is 13.6. The Morgan fingerprint density at radius 1 is 1.29 bits per heavy atom. The Balaban J connectivity index is 1.79. The number of piperidine rings is 3. The van der Waals surface area contributed by atoms with Crippen LogP contribution in [-0.2, 0) is 4.79 Å². The van der Waals surface area contributed by atoms with Gasteiger partial charge in [0, 0.05) is 17.3 Å². The second kappa shape index (κ2) is 4.92. The Morgan fingerprint density at radius 2 is 2.05 bits per heavy atom. The van der Waals surface area contributed by atoms with Crippen molar-refractivity contribution in [1.29, 1.82) is 0 Å². The van der Waals surface area contributed by atoms with E-state index in [4.69, 9.17) is 5.10 Å². The van der Waals surface area contributed by atoms with E-state index in [2.05, 4.69) is 33.0 Å². The summed E-state index contributed by atoms with van der Waals surface area (Å²) in [7, 11) is 0. The van der Waals surface area contributed by atoms with Gasteiger partial charge in [-0.2, -0.15) is 5.10 Å². The van der Waals surface area contributed by atoms with Gasteiger partial charge in [0.2, 0.25) is 5.91 Å². The molecule has 2 bridgehead atoms. The maximum atomic E-state index is 12.1. The number of carbonyl (C=O) groups is 1. The summed E-state index contributed by atoms with van der Waals surface area (Å²) < 4.78 is 1.05. The molecular formula is C16H18BrN3O. The van der Waals surface area contributed by atoms with Crippen LogP contribution in [0.1, 0.15) is 31.4 Å². The van der Waals surface area contributed by atoms with Gasteiger partial charge in [-0.25, -0.2) is 5.01 Å². The van der Waals surface area contributed by atoms with E-state index < -0.39 is 0 Å². The van der Waals surface area contributed by atoms with E-state index in [1.54, 1.807) is 11.9 Å². The van der Waals surface area contributed by atoms with Crippen molar-refractivity contribution in [3.8, 4) is 0 Å². The van der Waals surface area contributed by atoms with Gasteiger partial charge in [0.05, 0.1) is 11.8 Å². The number of fused-ring (bicyclic) bond motifs is 2. The van der Waals surface area contributed by atoms with E-state index in [0.29, 0.717) is 5.92 Å². The highest BCUT2D eigenvalue weighted by molar-refractivity contribution is 9.10. The van der Waals surface area contributed by atoms with Crippen LogP contribution in [0.25, 0.3) is 0 Å². The molecule has 5 heteroatoms. The second-order valence-electron chi connectivity index (χ2n) is 6.14. The van der Waals surface area contributed by atoms with Gasteiger partial charge in [0.25, 0.3) is 0 Å². The van der Waals surface area contributed by atoms with Crippen molar-refractivity contribution in [2.75, 3.05) is 13.1 Å². The van der Waals surface area contributed by atoms with Crippen molar-refractivity contribution < 1.29 is 4.79 Å². The van der Waals surface area contributed by atoms with Crippen molar-refractivity contribution in [3.05, 3.63) is 34.3 Å². The van der Waals surface area contributed by atoms with E-state index in [9.17, 15) is 4.79 Å². The van der Waals surface area contributed by atoms with Gasteiger partial charge in [-0.15, -0.1) is 0 Å². The van der Waals surface area contributed by atoms with Gasteiger partial charge in [-0.3, -0.25) is 9.69 Å². The summed E-state index contributed by atoms with van der Waals surface area (Å²) in [4.78, 5) is 14.6. The maximum absolute atomic E-state index is 12.1. The van der Waals surface area contributed by atoms with Crippen molar-refractivity contribution >= 4 is 27.5 Å². The van der Waals surface area contributed by atoms with Crippen LogP contribution in [0.3, 0.4) is 0 Å². The Kier molecular flexibility index (Phi) is 3.15. The molecule has 21 heavy (non-hydrogen) atoms.